The molecule has 2 rings (SSSR count). The van der Waals surface area contributed by atoms with Crippen molar-refractivity contribution in [1.82, 2.24) is 10.2 Å². The van der Waals surface area contributed by atoms with Gasteiger partial charge in [-0.1, -0.05) is 26.0 Å². The molecule has 3 nitrogen and oxygen atoms in total. The molecule has 1 aromatic carbocycles. The van der Waals surface area contributed by atoms with Crippen LogP contribution in [0.1, 0.15) is 25.8 Å². The molecule has 1 atom stereocenters. The van der Waals surface area contributed by atoms with Crippen molar-refractivity contribution < 1.29 is 4.74 Å². The predicted molar refractivity (Wildman–Crippen MR) is 89.0 cm³/mol. The standard InChI is InChI=1S/C18H30N2O/c1-15(2)12-19-13-17-8-10-20(14-17)9-7-16-5-4-6-18(11-16)21-3/h4-6,11,15,17,19H,7-10,12-14H2,1-3H3. The molecule has 1 aliphatic rings. The Hall–Kier alpha value is -1.06. The largest absolute Gasteiger partial charge is 0.497 e. The second-order valence-corrected chi connectivity index (χ2v) is 6.61. The van der Waals surface area contributed by atoms with E-state index in [9.17, 15) is 0 Å². The van der Waals surface area contributed by atoms with Gasteiger partial charge in [-0.15, -0.1) is 0 Å². The summed E-state index contributed by atoms with van der Waals surface area (Å²) in [4.78, 5) is 2.60. The highest BCUT2D eigenvalue weighted by atomic mass is 16.5. The number of nitrogens with zero attached hydrogens (tertiary/aromatic N) is 1. The Morgan fingerprint density at radius 2 is 2.24 bits per heavy atom. The second kappa shape index (κ2) is 8.40. The third-order valence-corrected chi connectivity index (χ3v) is 4.21. The SMILES string of the molecule is COc1cccc(CCN2CCC(CNCC(C)C)C2)c1. The van der Waals surface area contributed by atoms with E-state index in [-0.39, 0.29) is 0 Å². The van der Waals surface area contributed by atoms with Gasteiger partial charge in [0, 0.05) is 13.1 Å². The molecular formula is C18H30N2O. The van der Waals surface area contributed by atoms with Crippen LogP contribution in [0.25, 0.3) is 0 Å². The molecule has 1 aromatic rings. The van der Waals surface area contributed by atoms with E-state index < -0.39 is 0 Å². The highest BCUT2D eigenvalue weighted by Crippen LogP contribution is 2.17. The summed E-state index contributed by atoms with van der Waals surface area (Å²) in [7, 11) is 1.73. The maximum atomic E-state index is 5.29. The topological polar surface area (TPSA) is 24.5 Å². The summed E-state index contributed by atoms with van der Waals surface area (Å²) in [6.45, 7) is 10.5. The minimum Gasteiger partial charge on any atom is -0.497 e. The molecule has 0 radical (unpaired) electrons. The molecule has 0 aromatic heterocycles. The van der Waals surface area contributed by atoms with Crippen LogP contribution in [0.3, 0.4) is 0 Å². The van der Waals surface area contributed by atoms with Gasteiger partial charge in [0.25, 0.3) is 0 Å². The van der Waals surface area contributed by atoms with Gasteiger partial charge in [0.15, 0.2) is 0 Å². The van der Waals surface area contributed by atoms with Gasteiger partial charge in [-0.05, 0) is 62.0 Å². The van der Waals surface area contributed by atoms with E-state index in [4.69, 9.17) is 4.74 Å². The second-order valence-electron chi connectivity index (χ2n) is 6.61. The molecule has 0 amide bonds. The molecule has 0 spiro atoms. The number of likely N-dealkylation sites (tertiary alicyclic amines) is 1. The van der Waals surface area contributed by atoms with Crippen LogP contribution in [0, 0.1) is 11.8 Å². The molecule has 0 saturated carbocycles. The first-order valence-corrected chi connectivity index (χ1v) is 8.23. The Labute approximate surface area is 129 Å². The van der Waals surface area contributed by atoms with Crippen LogP contribution in [0.15, 0.2) is 24.3 Å². The normalized spacial score (nSPS) is 19.3. The van der Waals surface area contributed by atoms with Crippen LogP contribution in [0.2, 0.25) is 0 Å². The number of hydrogen-bond donors (Lipinski definition) is 1. The zero-order valence-corrected chi connectivity index (χ0v) is 13.8. The van der Waals surface area contributed by atoms with Crippen molar-refractivity contribution in [2.45, 2.75) is 26.7 Å². The van der Waals surface area contributed by atoms with E-state index in [1.165, 1.54) is 31.6 Å². The van der Waals surface area contributed by atoms with Crippen molar-refractivity contribution in [3.05, 3.63) is 29.8 Å². The summed E-state index contributed by atoms with van der Waals surface area (Å²) >= 11 is 0. The lowest BCUT2D eigenvalue weighted by molar-refractivity contribution is 0.324. The van der Waals surface area contributed by atoms with Crippen LogP contribution >= 0.6 is 0 Å². The van der Waals surface area contributed by atoms with Crippen molar-refractivity contribution >= 4 is 0 Å². The first kappa shape index (κ1) is 16.3. The number of rotatable bonds is 8. The predicted octanol–water partition coefficient (Wildman–Crippen LogP) is 2.81. The summed E-state index contributed by atoms with van der Waals surface area (Å²) in [6.07, 6.45) is 2.45. The number of methoxy groups -OCH3 is 1. The van der Waals surface area contributed by atoms with E-state index >= 15 is 0 Å². The Morgan fingerprint density at radius 3 is 3.00 bits per heavy atom. The molecule has 21 heavy (non-hydrogen) atoms. The van der Waals surface area contributed by atoms with E-state index in [0.717, 1.165) is 37.1 Å². The molecule has 1 unspecified atom stereocenters. The fraction of sp³-hybridized carbons (Fsp3) is 0.667. The summed E-state index contributed by atoms with van der Waals surface area (Å²) in [5.41, 5.74) is 1.37. The Morgan fingerprint density at radius 1 is 1.38 bits per heavy atom. The van der Waals surface area contributed by atoms with Crippen molar-refractivity contribution in [2.24, 2.45) is 11.8 Å². The van der Waals surface area contributed by atoms with Crippen LogP contribution in [0.5, 0.6) is 5.75 Å². The number of nitrogens with one attached hydrogen (secondary N) is 1. The van der Waals surface area contributed by atoms with E-state index in [0.29, 0.717) is 0 Å². The minimum absolute atomic E-state index is 0.746. The molecule has 1 fully saturated rings. The van der Waals surface area contributed by atoms with Crippen LogP contribution in [0.4, 0.5) is 0 Å². The molecule has 1 N–H and O–H groups in total. The van der Waals surface area contributed by atoms with Crippen LogP contribution < -0.4 is 10.1 Å². The Balaban J connectivity index is 1.68. The first-order chi connectivity index (χ1) is 10.2. The van der Waals surface area contributed by atoms with Gasteiger partial charge in [0.05, 0.1) is 7.11 Å². The highest BCUT2D eigenvalue weighted by molar-refractivity contribution is 5.28. The molecule has 3 heteroatoms. The maximum Gasteiger partial charge on any atom is 0.119 e. The van der Waals surface area contributed by atoms with Crippen LogP contribution in [-0.2, 0) is 6.42 Å². The minimum atomic E-state index is 0.746. The molecule has 0 bridgehead atoms. The Bertz CT molecular complexity index is 419. The highest BCUT2D eigenvalue weighted by Gasteiger charge is 2.21. The lowest BCUT2D eigenvalue weighted by atomic mass is 10.1. The van der Waals surface area contributed by atoms with Gasteiger partial charge in [-0.3, -0.25) is 0 Å². The fourth-order valence-corrected chi connectivity index (χ4v) is 2.97. The molecule has 0 aliphatic carbocycles. The zero-order valence-electron chi connectivity index (χ0n) is 13.8. The average Bonchev–Trinajstić information content (AvgIpc) is 2.93. The summed E-state index contributed by atoms with van der Waals surface area (Å²) in [5, 5.41) is 3.59. The Kier molecular flexibility index (Phi) is 6.52. The number of benzene rings is 1. The lowest BCUT2D eigenvalue weighted by Crippen LogP contribution is -2.29. The first-order valence-electron chi connectivity index (χ1n) is 8.23. The average molecular weight is 290 g/mol. The van der Waals surface area contributed by atoms with Gasteiger partial charge in [0.2, 0.25) is 0 Å². The van der Waals surface area contributed by atoms with Crippen molar-refractivity contribution in [3.63, 3.8) is 0 Å². The smallest absolute Gasteiger partial charge is 0.119 e. The molecule has 1 saturated heterocycles. The van der Waals surface area contributed by atoms with Gasteiger partial charge in [-0.25, -0.2) is 0 Å². The quantitative estimate of drug-likeness (QED) is 0.797. The van der Waals surface area contributed by atoms with Gasteiger partial charge >= 0.3 is 0 Å². The van der Waals surface area contributed by atoms with E-state index in [1.807, 2.05) is 6.07 Å². The molecule has 118 valence electrons. The monoisotopic (exact) mass is 290 g/mol. The third-order valence-electron chi connectivity index (χ3n) is 4.21. The number of ether oxygens (including phenoxy) is 1. The lowest BCUT2D eigenvalue weighted by Gasteiger charge is -2.17. The van der Waals surface area contributed by atoms with Gasteiger partial charge < -0.3 is 15.0 Å². The summed E-state index contributed by atoms with van der Waals surface area (Å²) < 4.78 is 5.29. The van der Waals surface area contributed by atoms with E-state index in [2.05, 4.69) is 42.3 Å². The van der Waals surface area contributed by atoms with Crippen molar-refractivity contribution in [3.8, 4) is 5.75 Å². The number of hydrogen-bond acceptors (Lipinski definition) is 3. The molecule has 1 heterocycles. The van der Waals surface area contributed by atoms with Gasteiger partial charge in [-0.2, -0.15) is 0 Å². The molecular weight excluding hydrogens is 260 g/mol. The zero-order chi connectivity index (χ0) is 15.1. The summed E-state index contributed by atoms with van der Waals surface area (Å²) in [5.74, 6) is 2.54. The van der Waals surface area contributed by atoms with Crippen molar-refractivity contribution in [2.75, 3.05) is 39.8 Å². The van der Waals surface area contributed by atoms with Crippen LogP contribution in [-0.4, -0.2) is 44.7 Å². The van der Waals surface area contributed by atoms with E-state index in [1.54, 1.807) is 7.11 Å². The fourth-order valence-electron chi connectivity index (χ4n) is 2.97. The maximum absolute atomic E-state index is 5.29. The van der Waals surface area contributed by atoms with Crippen molar-refractivity contribution in [1.29, 1.82) is 0 Å². The van der Waals surface area contributed by atoms with Gasteiger partial charge in [0.1, 0.15) is 5.75 Å². The summed E-state index contributed by atoms with van der Waals surface area (Å²) in [6, 6.07) is 8.44. The molecule has 1 aliphatic heterocycles. The third kappa shape index (κ3) is 5.68.